The number of para-hydroxylation sites is 1. The predicted octanol–water partition coefficient (Wildman–Crippen LogP) is 4.36. The average molecular weight is 467 g/mol. The smallest absolute Gasteiger partial charge is 0.260 e. The monoisotopic (exact) mass is 466 g/mol. The molecule has 8 heteroatoms. The Balaban J connectivity index is 1.49. The van der Waals surface area contributed by atoms with Crippen LogP contribution >= 0.6 is 11.6 Å². The fourth-order valence-electron chi connectivity index (χ4n) is 3.86. The van der Waals surface area contributed by atoms with E-state index in [2.05, 4.69) is 15.7 Å². The minimum absolute atomic E-state index is 0.0385. The van der Waals surface area contributed by atoms with Gasteiger partial charge in [0.2, 0.25) is 0 Å². The quantitative estimate of drug-likeness (QED) is 0.541. The molecule has 1 fully saturated rings. The first kappa shape index (κ1) is 23.0. The van der Waals surface area contributed by atoms with Crippen molar-refractivity contribution < 1.29 is 14.3 Å². The topological polar surface area (TPSA) is 85.2 Å². The number of halogens is 1. The van der Waals surface area contributed by atoms with Crippen LogP contribution in [0, 0.1) is 13.8 Å². The van der Waals surface area contributed by atoms with Crippen molar-refractivity contribution in [2.45, 2.75) is 39.3 Å². The molecule has 0 aliphatic carbocycles. The lowest BCUT2D eigenvalue weighted by molar-refractivity contribution is 0.0858. The molecule has 2 aromatic carbocycles. The molecule has 4 rings (SSSR count). The Kier molecular flexibility index (Phi) is 7.11. The molecule has 2 amide bonds. The Hall–Kier alpha value is -3.16. The standard InChI is InChI=1S/C25H27ClN4O3/c1-16-9-11-18(12-10-16)15-30-23(26)22(17(2)29-30)25(32)28-21-8-4-3-7-20(21)24(31)27-14-19-6-5-13-33-19/h3-4,7-12,19H,5-6,13-15H2,1-2H3,(H,27,31)(H,28,32)/t19-/m1/s1. The highest BCUT2D eigenvalue weighted by Crippen LogP contribution is 2.24. The molecule has 0 bridgehead atoms. The highest BCUT2D eigenvalue weighted by atomic mass is 35.5. The molecular weight excluding hydrogens is 440 g/mol. The molecule has 1 atom stereocenters. The Morgan fingerprint density at radius 2 is 1.88 bits per heavy atom. The molecule has 2 heterocycles. The van der Waals surface area contributed by atoms with E-state index in [1.165, 1.54) is 5.56 Å². The van der Waals surface area contributed by atoms with Gasteiger partial charge in [0.25, 0.3) is 11.8 Å². The fourth-order valence-corrected chi connectivity index (χ4v) is 4.18. The van der Waals surface area contributed by atoms with Crippen LogP contribution in [0.25, 0.3) is 0 Å². The molecule has 3 aromatic rings. The highest BCUT2D eigenvalue weighted by Gasteiger charge is 2.23. The maximum absolute atomic E-state index is 13.1. The molecule has 1 aliphatic rings. The summed E-state index contributed by atoms with van der Waals surface area (Å²) in [7, 11) is 0. The number of benzene rings is 2. The number of ether oxygens (including phenoxy) is 1. The molecule has 33 heavy (non-hydrogen) atoms. The summed E-state index contributed by atoms with van der Waals surface area (Å²) in [6, 6.07) is 15.0. The van der Waals surface area contributed by atoms with E-state index in [0.717, 1.165) is 25.0 Å². The van der Waals surface area contributed by atoms with Gasteiger partial charge >= 0.3 is 0 Å². The Morgan fingerprint density at radius 1 is 1.12 bits per heavy atom. The zero-order valence-corrected chi connectivity index (χ0v) is 19.5. The number of rotatable bonds is 7. The maximum Gasteiger partial charge on any atom is 0.260 e. The van der Waals surface area contributed by atoms with E-state index >= 15 is 0 Å². The van der Waals surface area contributed by atoms with Gasteiger partial charge in [0.15, 0.2) is 0 Å². The van der Waals surface area contributed by atoms with E-state index < -0.39 is 5.91 Å². The maximum atomic E-state index is 13.1. The summed E-state index contributed by atoms with van der Waals surface area (Å²) >= 11 is 6.54. The molecule has 0 unspecified atom stereocenters. The number of aryl methyl sites for hydroxylation is 2. The number of carbonyl (C=O) groups is 2. The summed E-state index contributed by atoms with van der Waals surface area (Å²) in [4.78, 5) is 25.9. The molecule has 1 aliphatic heterocycles. The third kappa shape index (κ3) is 5.43. The molecule has 0 radical (unpaired) electrons. The number of amides is 2. The normalized spacial score (nSPS) is 15.4. The highest BCUT2D eigenvalue weighted by molar-refractivity contribution is 6.33. The number of nitrogens with zero attached hydrogens (tertiary/aromatic N) is 2. The van der Waals surface area contributed by atoms with E-state index in [1.807, 2.05) is 31.2 Å². The second-order valence-corrected chi connectivity index (χ2v) is 8.60. The van der Waals surface area contributed by atoms with Crippen LogP contribution in [0.5, 0.6) is 0 Å². The van der Waals surface area contributed by atoms with Gasteiger partial charge in [-0.15, -0.1) is 0 Å². The van der Waals surface area contributed by atoms with Gasteiger partial charge < -0.3 is 15.4 Å². The number of hydrogen-bond acceptors (Lipinski definition) is 4. The van der Waals surface area contributed by atoms with Gasteiger partial charge in [0, 0.05) is 13.2 Å². The van der Waals surface area contributed by atoms with Crippen molar-refractivity contribution in [3.05, 3.63) is 81.6 Å². The lowest BCUT2D eigenvalue weighted by atomic mass is 10.1. The molecular formula is C25H27ClN4O3. The third-order valence-electron chi connectivity index (χ3n) is 5.68. The zero-order valence-electron chi connectivity index (χ0n) is 18.7. The number of carbonyl (C=O) groups excluding carboxylic acids is 2. The van der Waals surface area contributed by atoms with Crippen molar-refractivity contribution in [1.82, 2.24) is 15.1 Å². The van der Waals surface area contributed by atoms with Gasteiger partial charge in [-0.3, -0.25) is 9.59 Å². The van der Waals surface area contributed by atoms with Crippen molar-refractivity contribution >= 4 is 29.1 Å². The summed E-state index contributed by atoms with van der Waals surface area (Å²) in [6.45, 7) is 5.39. The van der Waals surface area contributed by atoms with Crippen LogP contribution < -0.4 is 10.6 Å². The lowest BCUT2D eigenvalue weighted by Gasteiger charge is -2.14. The first-order chi connectivity index (χ1) is 15.9. The molecule has 2 N–H and O–H groups in total. The lowest BCUT2D eigenvalue weighted by Crippen LogP contribution is -2.32. The predicted molar refractivity (Wildman–Crippen MR) is 128 cm³/mol. The summed E-state index contributed by atoms with van der Waals surface area (Å²) in [5, 5.41) is 10.4. The van der Waals surface area contributed by atoms with E-state index in [4.69, 9.17) is 16.3 Å². The summed E-state index contributed by atoms with van der Waals surface area (Å²) < 4.78 is 7.17. The summed E-state index contributed by atoms with van der Waals surface area (Å²) in [5.41, 5.74) is 3.80. The summed E-state index contributed by atoms with van der Waals surface area (Å²) in [5.74, 6) is -0.675. The molecule has 0 saturated carbocycles. The number of nitrogens with one attached hydrogen (secondary N) is 2. The van der Waals surface area contributed by atoms with Crippen molar-refractivity contribution in [3.8, 4) is 0 Å². The molecule has 172 valence electrons. The van der Waals surface area contributed by atoms with Gasteiger partial charge in [0.1, 0.15) is 5.15 Å². The second-order valence-electron chi connectivity index (χ2n) is 8.24. The molecule has 1 saturated heterocycles. The number of anilines is 1. The van der Waals surface area contributed by atoms with Crippen LogP contribution in [0.1, 0.15) is 50.4 Å². The van der Waals surface area contributed by atoms with Gasteiger partial charge in [-0.1, -0.05) is 53.6 Å². The van der Waals surface area contributed by atoms with Gasteiger partial charge in [0.05, 0.1) is 35.2 Å². The van der Waals surface area contributed by atoms with E-state index in [-0.39, 0.29) is 17.2 Å². The minimum Gasteiger partial charge on any atom is -0.376 e. The van der Waals surface area contributed by atoms with E-state index in [1.54, 1.807) is 35.9 Å². The van der Waals surface area contributed by atoms with Crippen LogP contribution in [0.3, 0.4) is 0 Å². The SMILES string of the molecule is Cc1ccc(Cn2nc(C)c(C(=O)Nc3ccccc3C(=O)NC[C@H]3CCCO3)c2Cl)cc1. The molecule has 1 aromatic heterocycles. The van der Waals surface area contributed by atoms with E-state index in [9.17, 15) is 9.59 Å². The zero-order chi connectivity index (χ0) is 23.4. The van der Waals surface area contributed by atoms with Crippen LogP contribution in [-0.2, 0) is 11.3 Å². The Bertz CT molecular complexity index is 1150. The van der Waals surface area contributed by atoms with Gasteiger partial charge in [-0.2, -0.15) is 5.10 Å². The number of hydrogen-bond donors (Lipinski definition) is 2. The van der Waals surface area contributed by atoms with Crippen LogP contribution in [0.15, 0.2) is 48.5 Å². The van der Waals surface area contributed by atoms with Gasteiger partial charge in [-0.05, 0) is 44.4 Å². The van der Waals surface area contributed by atoms with Gasteiger partial charge in [-0.25, -0.2) is 4.68 Å². The largest absolute Gasteiger partial charge is 0.376 e. The first-order valence-electron chi connectivity index (χ1n) is 11.0. The van der Waals surface area contributed by atoms with E-state index in [0.29, 0.717) is 35.6 Å². The van der Waals surface area contributed by atoms with Crippen LogP contribution in [-0.4, -0.2) is 40.9 Å². The number of aromatic nitrogens is 2. The van der Waals surface area contributed by atoms with Crippen molar-refractivity contribution in [1.29, 1.82) is 0 Å². The van der Waals surface area contributed by atoms with Crippen molar-refractivity contribution in [2.75, 3.05) is 18.5 Å². The minimum atomic E-state index is -0.410. The average Bonchev–Trinajstić information content (AvgIpc) is 3.41. The van der Waals surface area contributed by atoms with Crippen LogP contribution in [0.4, 0.5) is 5.69 Å². The second kappa shape index (κ2) is 10.2. The summed E-state index contributed by atoms with van der Waals surface area (Å²) in [6.07, 6.45) is 1.98. The molecule has 7 nitrogen and oxygen atoms in total. The first-order valence-corrected chi connectivity index (χ1v) is 11.4. The van der Waals surface area contributed by atoms with Crippen molar-refractivity contribution in [2.24, 2.45) is 0 Å². The Morgan fingerprint density at radius 3 is 2.61 bits per heavy atom. The van der Waals surface area contributed by atoms with Crippen molar-refractivity contribution in [3.63, 3.8) is 0 Å². The fraction of sp³-hybridized carbons (Fsp3) is 0.320. The third-order valence-corrected chi connectivity index (χ3v) is 6.06. The molecule has 0 spiro atoms. The Labute approximate surface area is 198 Å². The van der Waals surface area contributed by atoms with Crippen LogP contribution in [0.2, 0.25) is 5.15 Å².